The third-order valence-corrected chi connectivity index (χ3v) is 4.54. The zero-order valence-electron chi connectivity index (χ0n) is 8.64. The number of hydrogen-bond donors (Lipinski definition) is 1. The van der Waals surface area contributed by atoms with E-state index in [4.69, 9.17) is 28.7 Å². The van der Waals surface area contributed by atoms with E-state index < -0.39 is 28.9 Å². The molecule has 0 aromatic carbocycles. The average Bonchev–Trinajstić information content (AvgIpc) is 2.26. The number of aliphatic hydroxyl groups excluding tert-OH is 1. The first kappa shape index (κ1) is 17.5. The molecule has 0 aliphatic carbocycles. The average molecular weight is 495 g/mol. The summed E-state index contributed by atoms with van der Waals surface area (Å²) in [6, 6.07) is -0.635. The summed E-state index contributed by atoms with van der Waals surface area (Å²) in [6.45, 7) is 4.12. The predicted molar refractivity (Wildman–Crippen MR) is 54.9 cm³/mol. The van der Waals surface area contributed by atoms with Crippen LogP contribution in [0.3, 0.4) is 0 Å². The fourth-order valence-corrected chi connectivity index (χ4v) is 2.58. The van der Waals surface area contributed by atoms with E-state index in [2.05, 4.69) is 6.66 Å². The molecule has 1 rings (SSSR count). The van der Waals surface area contributed by atoms with Gasteiger partial charge in [0.1, 0.15) is 0 Å². The van der Waals surface area contributed by atoms with Crippen LogP contribution in [-0.2, 0) is 60.8 Å². The van der Waals surface area contributed by atoms with Crippen molar-refractivity contribution in [2.24, 2.45) is 0 Å². The standard InChI is InChI=1S/C7H13BClO3P.W.Y/c1-7(9)5(10)4(3-11-13-2)12-6(7)8;;/h4-6,10,13H,3H2,1-2H3;;/t4-,5-,6-,7-;;/m1../s1. The van der Waals surface area contributed by atoms with Gasteiger partial charge in [-0.2, -0.15) is 0 Å². The van der Waals surface area contributed by atoms with Crippen LogP contribution >= 0.6 is 17.4 Å². The SMILES string of the molecule is [B][C@@H]1O[C@H](CO[PH](C)=[W])[C@@H](O)[C@@]1(C)Cl.[Y]. The van der Waals surface area contributed by atoms with Gasteiger partial charge in [0.25, 0.3) is 0 Å². The molecule has 1 aliphatic rings. The van der Waals surface area contributed by atoms with Crippen molar-refractivity contribution < 1.29 is 65.9 Å². The summed E-state index contributed by atoms with van der Waals surface area (Å²) < 4.78 is 10.8. The number of halogens is 1. The van der Waals surface area contributed by atoms with E-state index in [1.807, 2.05) is 0 Å². The maximum absolute atomic E-state index is 9.80. The number of ether oxygens (including phenoxy) is 1. The summed E-state index contributed by atoms with van der Waals surface area (Å²) in [5.74, 6) is -0.691. The van der Waals surface area contributed by atoms with Crippen LogP contribution in [0.1, 0.15) is 6.92 Å². The van der Waals surface area contributed by atoms with Crippen molar-refractivity contribution in [3.63, 3.8) is 0 Å². The van der Waals surface area contributed by atoms with Gasteiger partial charge in [-0.1, -0.05) is 0 Å². The molecule has 5 atom stereocenters. The van der Waals surface area contributed by atoms with Crippen LogP contribution in [0, 0.1) is 0 Å². The van der Waals surface area contributed by atoms with Crippen LogP contribution in [0.4, 0.5) is 0 Å². The number of rotatable bonds is 3. The Balaban J connectivity index is 0.00000196. The Kier molecular flexibility index (Phi) is 8.32. The number of alkyl halides is 1. The Morgan fingerprint density at radius 3 is 2.60 bits per heavy atom. The van der Waals surface area contributed by atoms with Crippen LogP contribution in [0.25, 0.3) is 0 Å². The first-order valence-corrected chi connectivity index (χ1v) is 10.9. The molecule has 0 amide bonds. The van der Waals surface area contributed by atoms with Crippen LogP contribution < -0.4 is 0 Å². The smallest absolute Gasteiger partial charge is 0 e. The first-order valence-electron chi connectivity index (χ1n) is 4.27. The van der Waals surface area contributed by atoms with Gasteiger partial charge in [-0.05, 0) is 0 Å². The second-order valence-corrected chi connectivity index (χ2v) is 11.8. The molecule has 1 fully saturated rings. The van der Waals surface area contributed by atoms with Crippen molar-refractivity contribution in [2.75, 3.05) is 13.3 Å². The molecule has 3 radical (unpaired) electrons. The van der Waals surface area contributed by atoms with E-state index in [0.29, 0.717) is 6.61 Å². The summed E-state index contributed by atoms with van der Waals surface area (Å²) >= 11 is 7.48. The van der Waals surface area contributed by atoms with Gasteiger partial charge in [-0.25, -0.2) is 0 Å². The molecule has 1 saturated heterocycles. The van der Waals surface area contributed by atoms with Crippen molar-refractivity contribution >= 4 is 25.2 Å². The largest absolute Gasteiger partial charge is 0 e. The molecular weight excluding hydrogens is 482 g/mol. The van der Waals surface area contributed by atoms with Crippen molar-refractivity contribution in [3.05, 3.63) is 0 Å². The van der Waals surface area contributed by atoms with Crippen LogP contribution in [0.15, 0.2) is 0 Å². The van der Waals surface area contributed by atoms with Crippen LogP contribution in [0.2, 0.25) is 0 Å². The molecule has 0 bridgehead atoms. The van der Waals surface area contributed by atoms with E-state index >= 15 is 0 Å². The van der Waals surface area contributed by atoms with E-state index in [1.165, 1.54) is 18.8 Å². The second-order valence-electron chi connectivity index (χ2n) is 3.49. The molecule has 83 valence electrons. The Morgan fingerprint density at radius 2 is 2.27 bits per heavy atom. The number of aliphatic hydroxyl groups is 1. The van der Waals surface area contributed by atoms with E-state index in [1.54, 1.807) is 6.92 Å². The molecular formula is C7H13BClO3PWY. The molecule has 1 unspecified atom stereocenters. The Morgan fingerprint density at radius 1 is 1.73 bits per heavy atom. The second kappa shape index (κ2) is 7.15. The van der Waals surface area contributed by atoms with Gasteiger partial charge in [-0.3, -0.25) is 0 Å². The first-order chi connectivity index (χ1) is 6.35. The molecule has 0 saturated carbocycles. The van der Waals surface area contributed by atoms with E-state index in [-0.39, 0.29) is 32.7 Å². The van der Waals surface area contributed by atoms with Crippen molar-refractivity contribution in [1.29, 1.82) is 0 Å². The summed E-state index contributed by atoms with van der Waals surface area (Å²) in [5.41, 5.74) is 0. The molecule has 1 heterocycles. The van der Waals surface area contributed by atoms with Crippen molar-refractivity contribution in [3.8, 4) is 0 Å². The van der Waals surface area contributed by atoms with Crippen molar-refractivity contribution in [1.82, 2.24) is 0 Å². The van der Waals surface area contributed by atoms with Gasteiger partial charge in [0.15, 0.2) is 0 Å². The topological polar surface area (TPSA) is 38.7 Å². The number of hydrogen-bond acceptors (Lipinski definition) is 3. The summed E-state index contributed by atoms with van der Waals surface area (Å²) in [7, 11) is 5.64. The molecule has 3 nitrogen and oxygen atoms in total. The minimum atomic E-state index is -0.907. The molecule has 0 aromatic rings. The maximum atomic E-state index is 9.80. The Labute approximate surface area is 133 Å². The summed E-state index contributed by atoms with van der Waals surface area (Å²) in [5, 5.41) is 9.80. The molecule has 0 aromatic heterocycles. The van der Waals surface area contributed by atoms with Gasteiger partial charge in [0.05, 0.1) is 0 Å². The Hall–Kier alpha value is 2.46. The van der Waals surface area contributed by atoms with Gasteiger partial charge < -0.3 is 0 Å². The van der Waals surface area contributed by atoms with Gasteiger partial charge in [0, 0.05) is 32.7 Å². The van der Waals surface area contributed by atoms with Gasteiger partial charge in [-0.15, -0.1) is 0 Å². The van der Waals surface area contributed by atoms with Crippen LogP contribution in [0.5, 0.6) is 0 Å². The van der Waals surface area contributed by atoms with Gasteiger partial charge in [0.2, 0.25) is 0 Å². The zero-order valence-corrected chi connectivity index (χ0v) is 16.2. The van der Waals surface area contributed by atoms with Crippen LogP contribution in [-0.4, -0.2) is 49.3 Å². The minimum Gasteiger partial charge on any atom is 0 e. The third-order valence-electron chi connectivity index (χ3n) is 2.26. The predicted octanol–water partition coefficient (Wildman–Crippen LogP) is 0.473. The maximum Gasteiger partial charge on any atom is 0 e. The summed E-state index contributed by atoms with van der Waals surface area (Å²) in [6.07, 6.45) is -1.16. The monoisotopic (exact) mass is 495 g/mol. The molecule has 1 N–H and O–H groups in total. The van der Waals surface area contributed by atoms with Gasteiger partial charge >= 0.3 is 102 Å². The quantitative estimate of drug-likeness (QED) is 0.352. The van der Waals surface area contributed by atoms with Crippen molar-refractivity contribution in [2.45, 2.75) is 30.0 Å². The molecule has 15 heavy (non-hydrogen) atoms. The van der Waals surface area contributed by atoms with E-state index in [0.717, 1.165) is 0 Å². The normalized spacial score (nSPS) is 42.3. The fourth-order valence-electron chi connectivity index (χ4n) is 1.26. The fraction of sp³-hybridized carbons (Fsp3) is 1.00. The third kappa shape index (κ3) is 4.56. The molecule has 1 aliphatic heterocycles. The van der Waals surface area contributed by atoms with E-state index in [9.17, 15) is 5.11 Å². The molecule has 8 heteroatoms. The summed E-state index contributed by atoms with van der Waals surface area (Å²) in [4.78, 5) is -0.907. The zero-order chi connectivity index (χ0) is 10.9. The Bertz CT molecular complexity index is 246. The molecule has 0 spiro atoms. The minimum absolute atomic E-state index is 0.